The van der Waals surface area contributed by atoms with E-state index in [9.17, 15) is 13.2 Å². The van der Waals surface area contributed by atoms with Crippen molar-refractivity contribution in [3.05, 3.63) is 28.8 Å². The molecule has 1 fully saturated rings. The first kappa shape index (κ1) is 17.0. The van der Waals surface area contributed by atoms with Crippen molar-refractivity contribution in [3.8, 4) is 0 Å². The summed E-state index contributed by atoms with van der Waals surface area (Å²) in [5, 5.41) is 0. The Hall–Kier alpha value is -1.40. The first-order chi connectivity index (χ1) is 10.3. The fraction of sp³-hybridized carbons (Fsp3) is 0.562. The van der Waals surface area contributed by atoms with Gasteiger partial charge in [0, 0.05) is 26.1 Å². The Kier molecular flexibility index (Phi) is 5.24. The topological polar surface area (TPSA) is 66.5 Å². The van der Waals surface area contributed by atoms with Gasteiger partial charge < -0.3 is 4.90 Å². The molecular formula is C16H24N2O3S. The Morgan fingerprint density at radius 2 is 1.68 bits per heavy atom. The van der Waals surface area contributed by atoms with Crippen molar-refractivity contribution in [1.29, 1.82) is 0 Å². The number of likely N-dealkylation sites (tertiary alicyclic amines) is 1. The Bertz CT molecular complexity index is 639. The highest BCUT2D eigenvalue weighted by Gasteiger charge is 2.21. The minimum absolute atomic E-state index is 0.0255. The number of amides is 1. The van der Waals surface area contributed by atoms with E-state index in [4.69, 9.17) is 0 Å². The number of benzene rings is 1. The maximum atomic E-state index is 12.5. The van der Waals surface area contributed by atoms with E-state index in [1.165, 1.54) is 0 Å². The van der Waals surface area contributed by atoms with Crippen LogP contribution in [0.3, 0.4) is 0 Å². The molecule has 0 aliphatic carbocycles. The Morgan fingerprint density at radius 3 is 2.23 bits per heavy atom. The summed E-state index contributed by atoms with van der Waals surface area (Å²) >= 11 is 0. The van der Waals surface area contributed by atoms with Crippen LogP contribution >= 0.6 is 0 Å². The quantitative estimate of drug-likeness (QED) is 0.899. The van der Waals surface area contributed by atoms with Crippen LogP contribution in [-0.4, -0.2) is 38.9 Å². The van der Waals surface area contributed by atoms with Crippen molar-refractivity contribution >= 4 is 15.9 Å². The van der Waals surface area contributed by atoms with Gasteiger partial charge in [0.25, 0.3) is 0 Å². The molecule has 1 saturated heterocycles. The van der Waals surface area contributed by atoms with E-state index in [2.05, 4.69) is 4.72 Å². The van der Waals surface area contributed by atoms with Crippen LogP contribution in [0.25, 0.3) is 0 Å². The molecule has 1 amide bonds. The normalized spacial score (nSPS) is 15.3. The lowest BCUT2D eigenvalue weighted by Crippen LogP contribution is -2.33. The lowest BCUT2D eigenvalue weighted by atomic mass is 10.1. The van der Waals surface area contributed by atoms with E-state index >= 15 is 0 Å². The number of aryl methyl sites for hydroxylation is 3. The lowest BCUT2D eigenvalue weighted by molar-refractivity contribution is -0.129. The van der Waals surface area contributed by atoms with Crippen molar-refractivity contribution in [3.63, 3.8) is 0 Å². The van der Waals surface area contributed by atoms with Crippen molar-refractivity contribution in [2.24, 2.45) is 0 Å². The largest absolute Gasteiger partial charge is 0.343 e. The highest BCUT2D eigenvalue weighted by atomic mass is 32.2. The summed E-state index contributed by atoms with van der Waals surface area (Å²) in [5.41, 5.74) is 2.50. The molecule has 1 aromatic rings. The maximum absolute atomic E-state index is 12.5. The average Bonchev–Trinajstić information content (AvgIpc) is 2.90. The molecule has 5 nitrogen and oxygen atoms in total. The Labute approximate surface area is 132 Å². The lowest BCUT2D eigenvalue weighted by Gasteiger charge is -2.16. The molecule has 22 heavy (non-hydrogen) atoms. The molecule has 2 rings (SSSR count). The van der Waals surface area contributed by atoms with Crippen LogP contribution < -0.4 is 4.72 Å². The molecule has 0 atom stereocenters. The van der Waals surface area contributed by atoms with Crippen LogP contribution in [0, 0.1) is 20.8 Å². The van der Waals surface area contributed by atoms with E-state index in [-0.39, 0.29) is 18.9 Å². The van der Waals surface area contributed by atoms with Gasteiger partial charge in [-0.15, -0.1) is 0 Å². The van der Waals surface area contributed by atoms with E-state index in [1.54, 1.807) is 18.7 Å². The van der Waals surface area contributed by atoms with Crippen molar-refractivity contribution < 1.29 is 13.2 Å². The summed E-state index contributed by atoms with van der Waals surface area (Å²) in [4.78, 5) is 14.1. The number of hydrogen-bond donors (Lipinski definition) is 1. The zero-order valence-electron chi connectivity index (χ0n) is 13.5. The summed E-state index contributed by atoms with van der Waals surface area (Å²) < 4.78 is 27.5. The van der Waals surface area contributed by atoms with Gasteiger partial charge in [0.05, 0.1) is 4.90 Å². The van der Waals surface area contributed by atoms with Gasteiger partial charge in [0.15, 0.2) is 0 Å². The summed E-state index contributed by atoms with van der Waals surface area (Å²) in [6.45, 7) is 7.26. The summed E-state index contributed by atoms with van der Waals surface area (Å²) in [7, 11) is -3.58. The molecule has 0 bridgehead atoms. The average molecular weight is 324 g/mol. The molecule has 1 aliphatic rings. The number of carbonyl (C=O) groups is 1. The SMILES string of the molecule is Cc1cc(C)c(S(=O)(=O)NCCC(=O)N2CCCC2)c(C)c1. The molecule has 1 heterocycles. The zero-order chi connectivity index (χ0) is 16.3. The molecule has 1 aromatic carbocycles. The number of nitrogens with one attached hydrogen (secondary N) is 1. The third-order valence-electron chi connectivity index (χ3n) is 3.96. The van der Waals surface area contributed by atoms with Crippen LogP contribution in [0.5, 0.6) is 0 Å². The number of rotatable bonds is 5. The highest BCUT2D eigenvalue weighted by Crippen LogP contribution is 2.21. The smallest absolute Gasteiger partial charge is 0.241 e. The number of carbonyl (C=O) groups excluding carboxylic acids is 1. The van der Waals surface area contributed by atoms with Gasteiger partial charge in [-0.3, -0.25) is 4.79 Å². The number of hydrogen-bond acceptors (Lipinski definition) is 3. The Balaban J connectivity index is 2.01. The molecule has 0 spiro atoms. The molecule has 0 aromatic heterocycles. The van der Waals surface area contributed by atoms with Crippen LogP contribution in [0.1, 0.15) is 36.0 Å². The van der Waals surface area contributed by atoms with E-state index in [0.29, 0.717) is 4.90 Å². The highest BCUT2D eigenvalue weighted by molar-refractivity contribution is 7.89. The van der Waals surface area contributed by atoms with Crippen molar-refractivity contribution in [2.75, 3.05) is 19.6 Å². The number of nitrogens with zero attached hydrogens (tertiary/aromatic N) is 1. The molecular weight excluding hydrogens is 300 g/mol. The van der Waals surface area contributed by atoms with Crippen LogP contribution in [0.2, 0.25) is 0 Å². The molecule has 0 radical (unpaired) electrons. The first-order valence-electron chi connectivity index (χ1n) is 7.66. The van der Waals surface area contributed by atoms with Gasteiger partial charge >= 0.3 is 0 Å². The third-order valence-corrected chi connectivity index (χ3v) is 5.73. The number of sulfonamides is 1. The summed E-state index contributed by atoms with van der Waals surface area (Å²) in [6.07, 6.45) is 2.29. The van der Waals surface area contributed by atoms with Gasteiger partial charge in [-0.1, -0.05) is 17.7 Å². The molecule has 0 unspecified atom stereocenters. The standard InChI is InChI=1S/C16H24N2O3S/c1-12-10-13(2)16(14(3)11-12)22(20,21)17-7-6-15(19)18-8-4-5-9-18/h10-11,17H,4-9H2,1-3H3. The van der Waals surface area contributed by atoms with Gasteiger partial charge in [0.1, 0.15) is 0 Å². The minimum Gasteiger partial charge on any atom is -0.343 e. The fourth-order valence-corrected chi connectivity index (χ4v) is 4.56. The maximum Gasteiger partial charge on any atom is 0.241 e. The summed E-state index contributed by atoms with van der Waals surface area (Å²) in [6, 6.07) is 3.72. The van der Waals surface area contributed by atoms with E-state index in [1.807, 2.05) is 19.1 Å². The molecule has 0 saturated carbocycles. The molecule has 1 aliphatic heterocycles. The summed E-state index contributed by atoms with van der Waals surface area (Å²) in [5.74, 6) is 0.0255. The molecule has 122 valence electrons. The van der Waals surface area contributed by atoms with E-state index in [0.717, 1.165) is 42.6 Å². The minimum atomic E-state index is -3.58. The van der Waals surface area contributed by atoms with Gasteiger partial charge in [0.2, 0.25) is 15.9 Å². The van der Waals surface area contributed by atoms with Crippen LogP contribution in [0.4, 0.5) is 0 Å². The van der Waals surface area contributed by atoms with Gasteiger partial charge in [-0.25, -0.2) is 13.1 Å². The second-order valence-corrected chi connectivity index (χ2v) is 7.67. The molecule has 1 N–H and O–H groups in total. The fourth-order valence-electron chi connectivity index (χ4n) is 3.08. The predicted molar refractivity (Wildman–Crippen MR) is 86.3 cm³/mol. The van der Waals surface area contributed by atoms with Gasteiger partial charge in [-0.2, -0.15) is 0 Å². The second-order valence-electron chi connectivity index (χ2n) is 5.96. The first-order valence-corrected chi connectivity index (χ1v) is 9.15. The van der Waals surface area contributed by atoms with E-state index < -0.39 is 10.0 Å². The van der Waals surface area contributed by atoms with Crippen LogP contribution in [-0.2, 0) is 14.8 Å². The van der Waals surface area contributed by atoms with Crippen molar-refractivity contribution in [1.82, 2.24) is 9.62 Å². The second kappa shape index (κ2) is 6.79. The predicted octanol–water partition coefficient (Wildman–Crippen LogP) is 1.90. The monoisotopic (exact) mass is 324 g/mol. The zero-order valence-corrected chi connectivity index (χ0v) is 14.3. The molecule has 6 heteroatoms. The van der Waals surface area contributed by atoms with Crippen LogP contribution in [0.15, 0.2) is 17.0 Å². The third kappa shape index (κ3) is 3.87. The Morgan fingerprint density at radius 1 is 1.14 bits per heavy atom. The van der Waals surface area contributed by atoms with Crippen molar-refractivity contribution in [2.45, 2.75) is 44.9 Å². The van der Waals surface area contributed by atoms with Gasteiger partial charge in [-0.05, 0) is 44.7 Å².